The second-order valence-corrected chi connectivity index (χ2v) is 8.43. The van der Waals surface area contributed by atoms with Crippen molar-refractivity contribution < 1.29 is 9.18 Å². The maximum atomic E-state index is 13.7. The number of carbonyl (C=O) groups is 1. The van der Waals surface area contributed by atoms with Gasteiger partial charge in [-0.05, 0) is 42.9 Å². The SMILES string of the molecule is CCN1CCN(C(=O)Cn2c(=O)n(-c3ccc(F)c(Cl)c3)c(=O)c3ccc(Cl)cc32)CC1. The van der Waals surface area contributed by atoms with E-state index in [0.717, 1.165) is 30.3 Å². The number of piperazine rings is 1. The molecule has 1 amide bonds. The lowest BCUT2D eigenvalue weighted by molar-refractivity contribution is -0.133. The highest BCUT2D eigenvalue weighted by Crippen LogP contribution is 2.20. The molecule has 0 N–H and O–H groups in total. The molecule has 0 saturated carbocycles. The van der Waals surface area contributed by atoms with Crippen LogP contribution in [0, 0.1) is 5.82 Å². The minimum absolute atomic E-state index is 0.112. The first-order valence-electron chi connectivity index (χ1n) is 10.2. The largest absolute Gasteiger partial charge is 0.339 e. The minimum Gasteiger partial charge on any atom is -0.339 e. The van der Waals surface area contributed by atoms with Crippen molar-refractivity contribution in [2.24, 2.45) is 0 Å². The van der Waals surface area contributed by atoms with E-state index in [1.807, 2.05) is 0 Å². The van der Waals surface area contributed by atoms with Crippen molar-refractivity contribution in [3.05, 3.63) is 73.1 Å². The summed E-state index contributed by atoms with van der Waals surface area (Å²) in [5.74, 6) is -0.899. The molecule has 0 atom stereocenters. The summed E-state index contributed by atoms with van der Waals surface area (Å²) < 4.78 is 15.8. The van der Waals surface area contributed by atoms with E-state index in [1.165, 1.54) is 34.9 Å². The van der Waals surface area contributed by atoms with Crippen molar-refractivity contribution in [2.45, 2.75) is 13.5 Å². The fraction of sp³-hybridized carbons (Fsp3) is 0.318. The van der Waals surface area contributed by atoms with E-state index in [0.29, 0.717) is 18.1 Å². The molecule has 4 rings (SSSR count). The third-order valence-electron chi connectivity index (χ3n) is 5.73. The molecule has 0 aliphatic carbocycles. The highest BCUT2D eigenvalue weighted by Gasteiger charge is 2.23. The van der Waals surface area contributed by atoms with Crippen LogP contribution in [0.5, 0.6) is 0 Å². The van der Waals surface area contributed by atoms with E-state index < -0.39 is 17.1 Å². The molecule has 1 aliphatic heterocycles. The second-order valence-electron chi connectivity index (χ2n) is 7.58. The van der Waals surface area contributed by atoms with Crippen molar-refractivity contribution in [1.29, 1.82) is 0 Å². The number of amides is 1. The van der Waals surface area contributed by atoms with Gasteiger partial charge < -0.3 is 9.80 Å². The Balaban J connectivity index is 1.83. The van der Waals surface area contributed by atoms with Gasteiger partial charge in [-0.15, -0.1) is 0 Å². The fourth-order valence-electron chi connectivity index (χ4n) is 3.89. The zero-order chi connectivity index (χ0) is 23.0. The average Bonchev–Trinajstić information content (AvgIpc) is 2.78. The minimum atomic E-state index is -0.729. The molecule has 1 saturated heterocycles. The molecule has 2 aromatic carbocycles. The van der Waals surface area contributed by atoms with Gasteiger partial charge in [0.25, 0.3) is 5.56 Å². The Hall–Kier alpha value is -2.68. The number of carbonyl (C=O) groups excluding carboxylic acids is 1. The fourth-order valence-corrected chi connectivity index (χ4v) is 4.23. The zero-order valence-corrected chi connectivity index (χ0v) is 18.9. The van der Waals surface area contributed by atoms with Crippen LogP contribution in [0.15, 0.2) is 46.0 Å². The first-order chi connectivity index (χ1) is 15.3. The molecule has 1 aliphatic rings. The van der Waals surface area contributed by atoms with Gasteiger partial charge in [-0.3, -0.25) is 14.2 Å². The van der Waals surface area contributed by atoms with Crippen molar-refractivity contribution >= 4 is 40.0 Å². The van der Waals surface area contributed by atoms with E-state index in [9.17, 15) is 18.8 Å². The topological polar surface area (TPSA) is 67.5 Å². The lowest BCUT2D eigenvalue weighted by Gasteiger charge is -2.34. The van der Waals surface area contributed by atoms with Gasteiger partial charge in [-0.25, -0.2) is 13.8 Å². The quantitative estimate of drug-likeness (QED) is 0.578. The first kappa shape index (κ1) is 22.5. The van der Waals surface area contributed by atoms with E-state index in [2.05, 4.69) is 11.8 Å². The van der Waals surface area contributed by atoms with Crippen LogP contribution < -0.4 is 11.2 Å². The first-order valence-corrected chi connectivity index (χ1v) is 11.0. The van der Waals surface area contributed by atoms with Gasteiger partial charge in [-0.1, -0.05) is 30.1 Å². The van der Waals surface area contributed by atoms with Gasteiger partial charge >= 0.3 is 5.69 Å². The summed E-state index contributed by atoms with van der Waals surface area (Å²) in [6.45, 7) is 5.37. The predicted molar refractivity (Wildman–Crippen MR) is 122 cm³/mol. The van der Waals surface area contributed by atoms with E-state index >= 15 is 0 Å². The smallest absolute Gasteiger partial charge is 0.336 e. The van der Waals surface area contributed by atoms with Crippen LogP contribution in [-0.4, -0.2) is 57.6 Å². The molecular weight excluding hydrogens is 458 g/mol. The molecule has 3 aromatic rings. The maximum absolute atomic E-state index is 13.7. The van der Waals surface area contributed by atoms with Gasteiger partial charge in [0.2, 0.25) is 5.91 Å². The summed E-state index contributed by atoms with van der Waals surface area (Å²) in [5.41, 5.74) is -0.962. The number of halogens is 3. The Morgan fingerprint density at radius 3 is 2.41 bits per heavy atom. The van der Waals surface area contributed by atoms with Crippen LogP contribution in [-0.2, 0) is 11.3 Å². The molecule has 1 aromatic heterocycles. The van der Waals surface area contributed by atoms with Crippen LogP contribution in [0.4, 0.5) is 4.39 Å². The standard InChI is InChI=1S/C22H21Cl2FN4O3/c1-2-26-7-9-27(10-8-26)20(30)13-28-19-11-14(23)3-5-16(19)21(31)29(22(28)32)15-4-6-18(25)17(24)12-15/h3-6,11-12H,2,7-10,13H2,1H3. The van der Waals surface area contributed by atoms with Gasteiger partial charge in [0.05, 0.1) is 21.6 Å². The number of benzene rings is 2. The summed E-state index contributed by atoms with van der Waals surface area (Å²) in [6.07, 6.45) is 0. The maximum Gasteiger partial charge on any atom is 0.336 e. The van der Waals surface area contributed by atoms with Gasteiger partial charge in [0.15, 0.2) is 0 Å². The number of aromatic nitrogens is 2. The molecule has 32 heavy (non-hydrogen) atoms. The summed E-state index contributed by atoms with van der Waals surface area (Å²) in [5, 5.41) is 0.316. The molecule has 1 fully saturated rings. The molecule has 0 spiro atoms. The summed E-state index contributed by atoms with van der Waals surface area (Å²) in [4.78, 5) is 43.5. The van der Waals surface area contributed by atoms with E-state index in [4.69, 9.17) is 23.2 Å². The lowest BCUT2D eigenvalue weighted by Crippen LogP contribution is -2.50. The van der Waals surface area contributed by atoms with Crippen molar-refractivity contribution in [3.8, 4) is 5.69 Å². The van der Waals surface area contributed by atoms with Crippen LogP contribution in [0.3, 0.4) is 0 Å². The Labute approximate surface area is 193 Å². The summed E-state index contributed by atoms with van der Waals surface area (Å²) in [6, 6.07) is 8.11. The Morgan fingerprint density at radius 1 is 1.03 bits per heavy atom. The summed E-state index contributed by atoms with van der Waals surface area (Å²) >= 11 is 12.0. The highest BCUT2D eigenvalue weighted by molar-refractivity contribution is 6.31. The van der Waals surface area contributed by atoms with Gasteiger partial charge in [-0.2, -0.15) is 0 Å². The van der Waals surface area contributed by atoms with Crippen molar-refractivity contribution in [3.63, 3.8) is 0 Å². The molecule has 0 bridgehead atoms. The Bertz CT molecular complexity index is 1310. The van der Waals surface area contributed by atoms with Gasteiger partial charge in [0, 0.05) is 31.2 Å². The molecule has 168 valence electrons. The third-order valence-corrected chi connectivity index (χ3v) is 6.26. The number of rotatable bonds is 4. The highest BCUT2D eigenvalue weighted by atomic mass is 35.5. The van der Waals surface area contributed by atoms with Crippen LogP contribution in [0.25, 0.3) is 16.6 Å². The third kappa shape index (κ3) is 4.18. The van der Waals surface area contributed by atoms with Gasteiger partial charge in [0.1, 0.15) is 12.4 Å². The average molecular weight is 479 g/mol. The molecule has 2 heterocycles. The number of hydrogen-bond donors (Lipinski definition) is 0. The number of hydrogen-bond acceptors (Lipinski definition) is 4. The van der Waals surface area contributed by atoms with Crippen LogP contribution in [0.2, 0.25) is 10.0 Å². The lowest BCUT2D eigenvalue weighted by atomic mass is 10.2. The normalized spacial score (nSPS) is 14.8. The van der Waals surface area contributed by atoms with Crippen molar-refractivity contribution in [1.82, 2.24) is 18.9 Å². The van der Waals surface area contributed by atoms with E-state index in [1.54, 1.807) is 4.90 Å². The molecule has 10 heteroatoms. The number of nitrogens with zero attached hydrogens (tertiary/aromatic N) is 4. The number of likely N-dealkylation sites (N-methyl/N-ethyl adjacent to an activating group) is 1. The number of fused-ring (bicyclic) bond motifs is 1. The molecule has 0 radical (unpaired) electrons. The summed E-state index contributed by atoms with van der Waals surface area (Å²) in [7, 11) is 0. The second kappa shape index (κ2) is 9.05. The van der Waals surface area contributed by atoms with Crippen molar-refractivity contribution in [2.75, 3.05) is 32.7 Å². The molecule has 7 nitrogen and oxygen atoms in total. The zero-order valence-electron chi connectivity index (χ0n) is 17.4. The van der Waals surface area contributed by atoms with Crippen LogP contribution in [0.1, 0.15) is 6.92 Å². The predicted octanol–water partition coefficient (Wildman–Crippen LogP) is 2.76. The van der Waals surface area contributed by atoms with E-state index in [-0.39, 0.29) is 34.1 Å². The monoisotopic (exact) mass is 478 g/mol. The Morgan fingerprint density at radius 2 is 1.75 bits per heavy atom. The molecule has 0 unspecified atom stereocenters. The molecular formula is C22H21Cl2FN4O3. The van der Waals surface area contributed by atoms with Crippen LogP contribution >= 0.6 is 23.2 Å². The Kier molecular flexibility index (Phi) is 6.37.